The zero-order chi connectivity index (χ0) is 17.1. The number of epoxide rings is 1. The van der Waals surface area contributed by atoms with E-state index in [4.69, 9.17) is 18.9 Å². The second-order valence-electron chi connectivity index (χ2n) is 6.02. The molecular weight excluding hydrogens is 316 g/mol. The van der Waals surface area contributed by atoms with Crippen LogP contribution < -0.4 is 4.74 Å². The highest BCUT2D eigenvalue weighted by Gasteiger charge is 2.41. The van der Waals surface area contributed by atoms with Gasteiger partial charge in [0.15, 0.2) is 0 Å². The first kappa shape index (κ1) is 16.1. The van der Waals surface area contributed by atoms with E-state index in [1.165, 1.54) is 10.8 Å². The summed E-state index contributed by atoms with van der Waals surface area (Å²) in [4.78, 5) is 0. The zero-order valence-corrected chi connectivity index (χ0v) is 14.1. The van der Waals surface area contributed by atoms with Gasteiger partial charge < -0.3 is 18.9 Å². The van der Waals surface area contributed by atoms with Gasteiger partial charge in [-0.25, -0.2) is 0 Å². The minimum absolute atomic E-state index is 0.287. The van der Waals surface area contributed by atoms with E-state index in [1.807, 2.05) is 36.4 Å². The summed E-state index contributed by atoms with van der Waals surface area (Å²) in [5.41, 5.74) is 2.20. The molecule has 1 heterocycles. The molecule has 0 aliphatic carbocycles. The van der Waals surface area contributed by atoms with Gasteiger partial charge in [0.25, 0.3) is 0 Å². The first-order valence-corrected chi connectivity index (χ1v) is 8.31. The molecule has 3 aromatic rings. The van der Waals surface area contributed by atoms with Crippen LogP contribution in [0.2, 0.25) is 0 Å². The molecule has 4 heteroatoms. The molecule has 0 amide bonds. The van der Waals surface area contributed by atoms with Gasteiger partial charge in [-0.05, 0) is 40.1 Å². The molecular formula is C21H20O4. The summed E-state index contributed by atoms with van der Waals surface area (Å²) in [5.74, 6) is 0.836. The van der Waals surface area contributed by atoms with Crippen LogP contribution in [-0.2, 0) is 27.4 Å². The van der Waals surface area contributed by atoms with E-state index in [0.29, 0.717) is 13.2 Å². The van der Waals surface area contributed by atoms with Crippen molar-refractivity contribution in [1.82, 2.24) is 0 Å². The summed E-state index contributed by atoms with van der Waals surface area (Å²) in [6.45, 7) is 1.00. The van der Waals surface area contributed by atoms with Crippen molar-refractivity contribution in [3.8, 4) is 5.75 Å². The van der Waals surface area contributed by atoms with Crippen molar-refractivity contribution in [2.45, 2.75) is 25.8 Å². The molecule has 0 N–H and O–H groups in total. The third-order valence-corrected chi connectivity index (χ3v) is 4.22. The molecule has 3 aromatic carbocycles. The second kappa shape index (κ2) is 7.23. The van der Waals surface area contributed by atoms with Crippen molar-refractivity contribution in [1.29, 1.82) is 0 Å². The minimum atomic E-state index is -0.289. The maximum absolute atomic E-state index is 5.76. The van der Waals surface area contributed by atoms with E-state index in [1.54, 1.807) is 7.11 Å². The smallest absolute Gasteiger partial charge is 0.212 e. The van der Waals surface area contributed by atoms with Crippen LogP contribution in [-0.4, -0.2) is 19.7 Å². The van der Waals surface area contributed by atoms with Gasteiger partial charge in [0, 0.05) is 0 Å². The summed E-state index contributed by atoms with van der Waals surface area (Å²) >= 11 is 0. The van der Waals surface area contributed by atoms with Gasteiger partial charge in [-0.3, -0.25) is 0 Å². The van der Waals surface area contributed by atoms with Gasteiger partial charge in [-0.2, -0.15) is 0 Å². The fraction of sp³-hybridized carbons (Fsp3) is 0.238. The van der Waals surface area contributed by atoms with Crippen molar-refractivity contribution >= 4 is 10.8 Å². The molecule has 2 atom stereocenters. The molecule has 1 aliphatic heterocycles. The Morgan fingerprint density at radius 2 is 1.40 bits per heavy atom. The maximum atomic E-state index is 5.76. The fourth-order valence-corrected chi connectivity index (χ4v) is 2.73. The number of rotatable bonds is 7. The summed E-state index contributed by atoms with van der Waals surface area (Å²) in [5, 5.41) is 2.45. The van der Waals surface area contributed by atoms with Crippen molar-refractivity contribution < 1.29 is 18.9 Å². The molecule has 25 heavy (non-hydrogen) atoms. The van der Waals surface area contributed by atoms with E-state index in [9.17, 15) is 0 Å². The molecule has 1 fully saturated rings. The monoisotopic (exact) mass is 336 g/mol. The first-order valence-electron chi connectivity index (χ1n) is 8.31. The highest BCUT2D eigenvalue weighted by Crippen LogP contribution is 2.27. The molecule has 0 spiro atoms. The van der Waals surface area contributed by atoms with Crippen molar-refractivity contribution in [2.75, 3.05) is 7.11 Å². The Morgan fingerprint density at radius 3 is 2.12 bits per heavy atom. The highest BCUT2D eigenvalue weighted by molar-refractivity contribution is 5.82. The molecule has 1 aliphatic rings. The van der Waals surface area contributed by atoms with Crippen LogP contribution in [0.25, 0.3) is 10.8 Å². The van der Waals surface area contributed by atoms with Crippen LogP contribution in [0.1, 0.15) is 11.1 Å². The van der Waals surface area contributed by atoms with E-state index >= 15 is 0 Å². The molecule has 4 nitrogen and oxygen atoms in total. The molecule has 0 unspecified atom stereocenters. The summed E-state index contributed by atoms with van der Waals surface area (Å²) in [7, 11) is 1.65. The SMILES string of the molecule is COc1ccc(CO[C@H]2O[C@@H]2OCc2ccc3ccccc3c2)cc1. The summed E-state index contributed by atoms with van der Waals surface area (Å²) in [6, 6.07) is 22.4. The Bertz CT molecular complexity index is 844. The average Bonchev–Trinajstić information content (AvgIpc) is 3.43. The minimum Gasteiger partial charge on any atom is -0.497 e. The second-order valence-corrected chi connectivity index (χ2v) is 6.02. The average molecular weight is 336 g/mol. The largest absolute Gasteiger partial charge is 0.497 e. The number of benzene rings is 3. The molecule has 4 rings (SSSR count). The molecule has 0 aromatic heterocycles. The predicted molar refractivity (Wildman–Crippen MR) is 95.2 cm³/mol. The Hall–Kier alpha value is -2.40. The number of hydrogen-bond acceptors (Lipinski definition) is 4. The number of fused-ring (bicyclic) bond motifs is 1. The summed E-state index contributed by atoms with van der Waals surface area (Å²) < 4.78 is 22.0. The van der Waals surface area contributed by atoms with E-state index in [-0.39, 0.29) is 12.6 Å². The quantitative estimate of drug-likeness (QED) is 0.604. The van der Waals surface area contributed by atoms with Gasteiger partial charge in [0.05, 0.1) is 20.3 Å². The standard InChI is InChI=1S/C21H20O4/c1-22-19-10-7-15(8-11-19)13-23-20-21(25-20)24-14-16-6-9-17-4-2-3-5-18(17)12-16/h2-12,20-21H,13-14H2,1H3/t20-,21-/m0/s1. The Balaban J connectivity index is 1.24. The van der Waals surface area contributed by atoms with Gasteiger partial charge in [0.1, 0.15) is 5.75 Å². The third kappa shape index (κ3) is 3.99. The lowest BCUT2D eigenvalue weighted by Gasteiger charge is -2.05. The van der Waals surface area contributed by atoms with Crippen molar-refractivity contribution in [2.24, 2.45) is 0 Å². The number of hydrogen-bond donors (Lipinski definition) is 0. The van der Waals surface area contributed by atoms with Crippen molar-refractivity contribution in [3.05, 3.63) is 77.9 Å². The van der Waals surface area contributed by atoms with Gasteiger partial charge in [0.2, 0.25) is 12.6 Å². The molecule has 0 radical (unpaired) electrons. The molecule has 128 valence electrons. The van der Waals surface area contributed by atoms with E-state index < -0.39 is 0 Å². The van der Waals surface area contributed by atoms with Crippen LogP contribution in [0.4, 0.5) is 0 Å². The fourth-order valence-electron chi connectivity index (χ4n) is 2.73. The van der Waals surface area contributed by atoms with E-state index in [0.717, 1.165) is 16.9 Å². The van der Waals surface area contributed by atoms with Crippen LogP contribution in [0.15, 0.2) is 66.7 Å². The molecule has 0 bridgehead atoms. The van der Waals surface area contributed by atoms with Crippen LogP contribution in [0.5, 0.6) is 5.75 Å². The number of methoxy groups -OCH3 is 1. The predicted octanol–water partition coefficient (Wildman–Crippen LogP) is 4.26. The van der Waals surface area contributed by atoms with Gasteiger partial charge >= 0.3 is 0 Å². The topological polar surface area (TPSA) is 40.2 Å². The number of ether oxygens (including phenoxy) is 4. The summed E-state index contributed by atoms with van der Waals surface area (Å²) in [6.07, 6.45) is -0.577. The maximum Gasteiger partial charge on any atom is 0.212 e. The first-order chi connectivity index (χ1) is 12.3. The van der Waals surface area contributed by atoms with Gasteiger partial charge in [-0.1, -0.05) is 48.5 Å². The lowest BCUT2D eigenvalue weighted by atomic mass is 10.1. The van der Waals surface area contributed by atoms with Crippen molar-refractivity contribution in [3.63, 3.8) is 0 Å². The zero-order valence-electron chi connectivity index (χ0n) is 14.1. The highest BCUT2D eigenvalue weighted by atomic mass is 16.9. The third-order valence-electron chi connectivity index (χ3n) is 4.22. The van der Waals surface area contributed by atoms with Crippen LogP contribution >= 0.6 is 0 Å². The molecule has 1 saturated heterocycles. The lowest BCUT2D eigenvalue weighted by Crippen LogP contribution is -2.04. The van der Waals surface area contributed by atoms with Gasteiger partial charge in [-0.15, -0.1) is 0 Å². The van der Waals surface area contributed by atoms with Crippen LogP contribution in [0, 0.1) is 0 Å². The Morgan fingerprint density at radius 1 is 0.760 bits per heavy atom. The lowest BCUT2D eigenvalue weighted by molar-refractivity contribution is 0.0292. The van der Waals surface area contributed by atoms with Crippen LogP contribution in [0.3, 0.4) is 0 Å². The van der Waals surface area contributed by atoms with E-state index in [2.05, 4.69) is 30.3 Å². The normalized spacial score (nSPS) is 19.1. The Kier molecular flexibility index (Phi) is 4.65. The molecule has 0 saturated carbocycles. The Labute approximate surface area is 146 Å².